The zero-order chi connectivity index (χ0) is 12.7. The maximum Gasteiger partial charge on any atom is 0.220 e. The van der Waals surface area contributed by atoms with E-state index < -0.39 is 0 Å². The molecule has 17 heavy (non-hydrogen) atoms. The van der Waals surface area contributed by atoms with Gasteiger partial charge in [0.2, 0.25) is 5.91 Å². The Kier molecular flexibility index (Phi) is 6.52. The number of hydrogen-bond donors (Lipinski definition) is 2. The van der Waals surface area contributed by atoms with Gasteiger partial charge in [0, 0.05) is 20.1 Å². The molecule has 0 bridgehead atoms. The molecule has 1 aliphatic carbocycles. The maximum absolute atomic E-state index is 11.8. The number of rotatable bonds is 5. The minimum Gasteiger partial charge on any atom is -0.391 e. The van der Waals surface area contributed by atoms with Crippen molar-refractivity contribution in [3.63, 3.8) is 0 Å². The summed E-state index contributed by atoms with van der Waals surface area (Å²) in [4.78, 5) is 11.8. The average molecular weight is 243 g/mol. The summed E-state index contributed by atoms with van der Waals surface area (Å²) < 4.78 is 5.01. The van der Waals surface area contributed by atoms with Crippen LogP contribution in [0, 0.1) is 5.92 Å². The second-order valence-corrected chi connectivity index (χ2v) is 5.14. The third-order valence-electron chi connectivity index (χ3n) is 3.31. The number of ether oxygens (including phenoxy) is 1. The Morgan fingerprint density at radius 2 is 2.12 bits per heavy atom. The Morgan fingerprint density at radius 3 is 2.82 bits per heavy atom. The Labute approximate surface area is 104 Å². The summed E-state index contributed by atoms with van der Waals surface area (Å²) in [5, 5.41) is 12.8. The first-order valence-corrected chi connectivity index (χ1v) is 6.60. The normalized spacial score (nSPS) is 27.2. The molecule has 0 spiro atoms. The van der Waals surface area contributed by atoms with E-state index in [1.807, 2.05) is 6.92 Å². The molecule has 0 aromatic heterocycles. The van der Waals surface area contributed by atoms with Gasteiger partial charge in [0.1, 0.15) is 0 Å². The van der Waals surface area contributed by atoms with Gasteiger partial charge in [-0.2, -0.15) is 0 Å². The minimum atomic E-state index is -0.376. The van der Waals surface area contributed by atoms with E-state index in [2.05, 4.69) is 5.32 Å². The molecule has 1 saturated carbocycles. The Hall–Kier alpha value is -0.610. The van der Waals surface area contributed by atoms with Crippen molar-refractivity contribution < 1.29 is 14.6 Å². The fraction of sp³-hybridized carbons (Fsp3) is 0.923. The fourth-order valence-corrected chi connectivity index (χ4v) is 2.38. The summed E-state index contributed by atoms with van der Waals surface area (Å²) in [6.07, 6.45) is 5.10. The van der Waals surface area contributed by atoms with E-state index >= 15 is 0 Å². The lowest BCUT2D eigenvalue weighted by Crippen LogP contribution is -2.43. The summed E-state index contributed by atoms with van der Waals surface area (Å²) in [5.74, 6) is 0.253. The molecule has 100 valence electrons. The number of amides is 1. The molecule has 0 heterocycles. The molecule has 1 amide bonds. The van der Waals surface area contributed by atoms with Crippen LogP contribution in [0.5, 0.6) is 0 Å². The molecule has 1 rings (SSSR count). The van der Waals surface area contributed by atoms with Crippen molar-refractivity contribution in [2.75, 3.05) is 13.7 Å². The van der Waals surface area contributed by atoms with Crippen LogP contribution in [0.4, 0.5) is 0 Å². The zero-order valence-electron chi connectivity index (χ0n) is 10.9. The number of hydrogen-bond acceptors (Lipinski definition) is 3. The largest absolute Gasteiger partial charge is 0.391 e. The molecule has 0 aliphatic heterocycles. The Morgan fingerprint density at radius 1 is 1.41 bits per heavy atom. The SMILES string of the molecule is COCC(C)CC(=O)NC1CCCCCC1O. The lowest BCUT2D eigenvalue weighted by Gasteiger charge is -2.22. The molecule has 2 N–H and O–H groups in total. The van der Waals surface area contributed by atoms with Gasteiger partial charge in [-0.05, 0) is 18.8 Å². The van der Waals surface area contributed by atoms with Gasteiger partial charge in [0.15, 0.2) is 0 Å². The van der Waals surface area contributed by atoms with Gasteiger partial charge in [-0.15, -0.1) is 0 Å². The van der Waals surface area contributed by atoms with Gasteiger partial charge in [-0.3, -0.25) is 4.79 Å². The predicted octanol–water partition coefficient (Wildman–Crippen LogP) is 1.47. The van der Waals surface area contributed by atoms with Crippen molar-refractivity contribution in [2.24, 2.45) is 5.92 Å². The molecule has 1 fully saturated rings. The van der Waals surface area contributed by atoms with Crippen LogP contribution < -0.4 is 5.32 Å². The summed E-state index contributed by atoms with van der Waals surface area (Å²) in [7, 11) is 1.64. The molecular formula is C13H25NO3. The third-order valence-corrected chi connectivity index (χ3v) is 3.31. The van der Waals surface area contributed by atoms with E-state index in [1.165, 1.54) is 0 Å². The van der Waals surface area contributed by atoms with E-state index in [4.69, 9.17) is 4.74 Å². The van der Waals surface area contributed by atoms with E-state index in [-0.39, 0.29) is 24.0 Å². The molecular weight excluding hydrogens is 218 g/mol. The molecule has 3 atom stereocenters. The van der Waals surface area contributed by atoms with E-state index in [0.717, 1.165) is 32.1 Å². The predicted molar refractivity (Wildman–Crippen MR) is 66.7 cm³/mol. The van der Waals surface area contributed by atoms with Gasteiger partial charge < -0.3 is 15.2 Å². The van der Waals surface area contributed by atoms with Gasteiger partial charge in [0.25, 0.3) is 0 Å². The van der Waals surface area contributed by atoms with Crippen molar-refractivity contribution in [2.45, 2.75) is 57.6 Å². The zero-order valence-corrected chi connectivity index (χ0v) is 10.9. The molecule has 0 aromatic rings. The molecule has 1 aliphatic rings. The highest BCUT2D eigenvalue weighted by Gasteiger charge is 2.23. The molecule has 0 saturated heterocycles. The first kappa shape index (κ1) is 14.5. The number of carbonyl (C=O) groups is 1. The topological polar surface area (TPSA) is 58.6 Å². The van der Waals surface area contributed by atoms with Crippen molar-refractivity contribution in [3.05, 3.63) is 0 Å². The Bertz CT molecular complexity index is 233. The molecule has 4 nitrogen and oxygen atoms in total. The average Bonchev–Trinajstić information content (AvgIpc) is 2.44. The standard InChI is InChI=1S/C13H25NO3/c1-10(9-17-2)8-13(16)14-11-6-4-3-5-7-12(11)15/h10-12,15H,3-9H2,1-2H3,(H,14,16). The second-order valence-electron chi connectivity index (χ2n) is 5.14. The fourth-order valence-electron chi connectivity index (χ4n) is 2.38. The van der Waals surface area contributed by atoms with E-state index in [1.54, 1.807) is 7.11 Å². The Balaban J connectivity index is 2.33. The van der Waals surface area contributed by atoms with Crippen LogP contribution in [0.2, 0.25) is 0 Å². The van der Waals surface area contributed by atoms with Crippen LogP contribution in [0.25, 0.3) is 0 Å². The van der Waals surface area contributed by atoms with Crippen molar-refractivity contribution in [1.82, 2.24) is 5.32 Å². The van der Waals surface area contributed by atoms with Crippen LogP contribution in [0.3, 0.4) is 0 Å². The molecule has 3 unspecified atom stereocenters. The molecule has 4 heteroatoms. The monoisotopic (exact) mass is 243 g/mol. The smallest absolute Gasteiger partial charge is 0.220 e. The van der Waals surface area contributed by atoms with Crippen LogP contribution in [0.1, 0.15) is 45.4 Å². The maximum atomic E-state index is 11.8. The lowest BCUT2D eigenvalue weighted by molar-refractivity contribution is -0.123. The summed E-state index contributed by atoms with van der Waals surface area (Å²) in [5.41, 5.74) is 0. The minimum absolute atomic E-state index is 0.0282. The highest BCUT2D eigenvalue weighted by molar-refractivity contribution is 5.76. The van der Waals surface area contributed by atoms with Gasteiger partial charge in [0.05, 0.1) is 12.1 Å². The summed E-state index contributed by atoms with van der Waals surface area (Å²) in [6.45, 7) is 2.59. The van der Waals surface area contributed by atoms with Crippen LogP contribution >= 0.6 is 0 Å². The highest BCUT2D eigenvalue weighted by Crippen LogP contribution is 2.18. The van der Waals surface area contributed by atoms with Crippen molar-refractivity contribution >= 4 is 5.91 Å². The highest BCUT2D eigenvalue weighted by atomic mass is 16.5. The van der Waals surface area contributed by atoms with Crippen molar-refractivity contribution in [1.29, 1.82) is 0 Å². The second kappa shape index (κ2) is 7.67. The summed E-state index contributed by atoms with van der Waals surface area (Å²) >= 11 is 0. The number of nitrogens with one attached hydrogen (secondary N) is 1. The number of carbonyl (C=O) groups excluding carboxylic acids is 1. The molecule has 0 aromatic carbocycles. The third kappa shape index (κ3) is 5.50. The number of aliphatic hydroxyl groups excluding tert-OH is 1. The first-order chi connectivity index (χ1) is 8.13. The molecule has 0 radical (unpaired) electrons. The summed E-state index contributed by atoms with van der Waals surface area (Å²) in [6, 6.07) is -0.0558. The van der Waals surface area contributed by atoms with Gasteiger partial charge in [-0.1, -0.05) is 26.2 Å². The lowest BCUT2D eigenvalue weighted by atomic mass is 10.0. The first-order valence-electron chi connectivity index (χ1n) is 6.60. The number of aliphatic hydroxyl groups is 1. The van der Waals surface area contributed by atoms with Gasteiger partial charge >= 0.3 is 0 Å². The van der Waals surface area contributed by atoms with E-state index in [0.29, 0.717) is 13.0 Å². The van der Waals surface area contributed by atoms with Crippen LogP contribution in [0.15, 0.2) is 0 Å². The van der Waals surface area contributed by atoms with E-state index in [9.17, 15) is 9.90 Å². The quantitative estimate of drug-likeness (QED) is 0.719. The van der Waals surface area contributed by atoms with Gasteiger partial charge in [-0.25, -0.2) is 0 Å². The van der Waals surface area contributed by atoms with Crippen LogP contribution in [-0.4, -0.2) is 36.9 Å². The van der Waals surface area contributed by atoms with Crippen LogP contribution in [-0.2, 0) is 9.53 Å². The number of methoxy groups -OCH3 is 1. The van der Waals surface area contributed by atoms with Crippen molar-refractivity contribution in [3.8, 4) is 0 Å².